The number of thioether (sulfide) groups is 1. The number of oxazole rings is 1. The van der Waals surface area contributed by atoms with Crippen molar-refractivity contribution in [2.45, 2.75) is 26.0 Å². The summed E-state index contributed by atoms with van der Waals surface area (Å²) in [6, 6.07) is 28.7. The van der Waals surface area contributed by atoms with Crippen LogP contribution in [-0.2, 0) is 5.75 Å². The molecule has 0 aliphatic heterocycles. The largest absolute Gasteiger partial charge is 0.573 e. The molecule has 0 aliphatic carbocycles. The van der Waals surface area contributed by atoms with Crippen molar-refractivity contribution in [3.63, 3.8) is 0 Å². The first-order valence-electron chi connectivity index (χ1n) is 14.6. The molecule has 242 valence electrons. The van der Waals surface area contributed by atoms with Gasteiger partial charge in [-0.05, 0) is 54.8 Å². The van der Waals surface area contributed by atoms with Crippen molar-refractivity contribution in [1.82, 2.24) is 25.2 Å². The van der Waals surface area contributed by atoms with Crippen LogP contribution in [0.5, 0.6) is 5.75 Å². The quantitative estimate of drug-likeness (QED) is 0.0935. The molecule has 9 nitrogen and oxygen atoms in total. The van der Waals surface area contributed by atoms with E-state index in [1.165, 1.54) is 53.4 Å². The molecule has 2 heterocycles. The SMILES string of the molecule is Cc1cccc(C)c1N=C(N/N=C/c1ccc(-c2ncn(-c3ccc(OC(F)(F)F)cc3)n2)cc1)SCc1ocnc1-c1ccccc1. The van der Waals surface area contributed by atoms with Crippen LogP contribution in [0.25, 0.3) is 28.3 Å². The van der Waals surface area contributed by atoms with Gasteiger partial charge in [0.15, 0.2) is 17.4 Å². The van der Waals surface area contributed by atoms with Gasteiger partial charge in [0.05, 0.1) is 23.3 Å². The van der Waals surface area contributed by atoms with Crippen LogP contribution in [0.3, 0.4) is 0 Å². The Hall–Kier alpha value is -5.69. The number of alkyl halides is 3. The molecule has 2 aromatic heterocycles. The first-order valence-corrected chi connectivity index (χ1v) is 15.6. The molecular formula is C35H28F3N7O2S. The number of hydrogen-bond acceptors (Lipinski definition) is 8. The second-order valence-electron chi connectivity index (χ2n) is 10.5. The molecule has 0 atom stereocenters. The predicted octanol–water partition coefficient (Wildman–Crippen LogP) is 8.65. The number of benzene rings is 4. The molecule has 0 saturated carbocycles. The minimum absolute atomic E-state index is 0.312. The fraction of sp³-hybridized carbons (Fsp3) is 0.114. The van der Waals surface area contributed by atoms with Gasteiger partial charge < -0.3 is 9.15 Å². The molecule has 6 aromatic rings. The average Bonchev–Trinajstić information content (AvgIpc) is 3.76. The van der Waals surface area contributed by atoms with Crippen LogP contribution in [-0.4, -0.2) is 37.5 Å². The standard InChI is InChI=1S/C35H28F3N7O2S/c1-23-7-6-8-24(2)31(23)42-34(48-20-30-32(40-22-46-30)26-9-4-3-5-10-26)43-41-19-25-11-13-27(14-12-25)33-39-21-45(44-33)28-15-17-29(18-16-28)47-35(36,37)38/h3-19,21-22H,20H2,1-2H3,(H,42,43)/b41-19+. The number of hydrazone groups is 1. The molecule has 1 N–H and O–H groups in total. The molecule has 0 fully saturated rings. The van der Waals surface area contributed by atoms with Crippen molar-refractivity contribution < 1.29 is 22.3 Å². The fourth-order valence-corrected chi connectivity index (χ4v) is 5.46. The van der Waals surface area contributed by atoms with Crippen LogP contribution in [0.15, 0.2) is 124 Å². The van der Waals surface area contributed by atoms with E-state index in [2.05, 4.69) is 30.3 Å². The van der Waals surface area contributed by atoms with Gasteiger partial charge in [0, 0.05) is 11.1 Å². The van der Waals surface area contributed by atoms with Crippen molar-refractivity contribution in [1.29, 1.82) is 0 Å². The minimum atomic E-state index is -4.75. The second kappa shape index (κ2) is 14.4. The van der Waals surface area contributed by atoms with Gasteiger partial charge in [-0.1, -0.05) is 84.6 Å². The third-order valence-corrected chi connectivity index (χ3v) is 7.91. The Morgan fingerprint density at radius 2 is 1.62 bits per heavy atom. The van der Waals surface area contributed by atoms with Gasteiger partial charge in [-0.3, -0.25) is 5.43 Å². The number of ether oxygens (including phenoxy) is 1. The maximum absolute atomic E-state index is 12.5. The van der Waals surface area contributed by atoms with Gasteiger partial charge in [0.2, 0.25) is 0 Å². The zero-order chi connectivity index (χ0) is 33.5. The molecule has 4 aromatic carbocycles. The van der Waals surface area contributed by atoms with Crippen molar-refractivity contribution in [2.75, 3.05) is 0 Å². The van der Waals surface area contributed by atoms with E-state index in [1.54, 1.807) is 6.21 Å². The maximum atomic E-state index is 12.5. The van der Waals surface area contributed by atoms with E-state index >= 15 is 0 Å². The summed E-state index contributed by atoms with van der Waals surface area (Å²) in [5.41, 5.74) is 9.92. The number of nitrogens with zero attached hydrogens (tertiary/aromatic N) is 6. The summed E-state index contributed by atoms with van der Waals surface area (Å²) >= 11 is 1.45. The molecule has 13 heteroatoms. The van der Waals surface area contributed by atoms with Crippen LogP contribution in [0.2, 0.25) is 0 Å². The Labute approximate surface area is 278 Å². The molecule has 0 saturated heterocycles. The fourth-order valence-electron chi connectivity index (χ4n) is 4.71. The summed E-state index contributed by atoms with van der Waals surface area (Å²) in [4.78, 5) is 13.7. The summed E-state index contributed by atoms with van der Waals surface area (Å²) in [5, 5.41) is 9.51. The number of hydrogen-bond donors (Lipinski definition) is 1. The maximum Gasteiger partial charge on any atom is 0.573 e. The zero-order valence-electron chi connectivity index (χ0n) is 25.7. The Morgan fingerprint density at radius 1 is 0.896 bits per heavy atom. The van der Waals surface area contributed by atoms with Crippen LogP contribution in [0, 0.1) is 13.8 Å². The van der Waals surface area contributed by atoms with Gasteiger partial charge in [0.25, 0.3) is 0 Å². The van der Waals surface area contributed by atoms with Crippen molar-refractivity contribution in [2.24, 2.45) is 10.1 Å². The topological polar surface area (TPSA) is 103 Å². The lowest BCUT2D eigenvalue weighted by Crippen LogP contribution is -2.17. The van der Waals surface area contributed by atoms with Crippen LogP contribution >= 0.6 is 11.8 Å². The van der Waals surface area contributed by atoms with Gasteiger partial charge in [-0.25, -0.2) is 19.6 Å². The molecular weight excluding hydrogens is 639 g/mol. The van der Waals surface area contributed by atoms with Crippen LogP contribution in [0.4, 0.5) is 18.9 Å². The minimum Gasteiger partial charge on any atom is -0.447 e. The lowest BCUT2D eigenvalue weighted by Gasteiger charge is -2.09. The predicted molar refractivity (Wildman–Crippen MR) is 180 cm³/mol. The number of rotatable bonds is 9. The summed E-state index contributed by atoms with van der Waals surface area (Å²) < 4.78 is 48.5. The third-order valence-electron chi connectivity index (χ3n) is 7.05. The Balaban J connectivity index is 1.14. The summed E-state index contributed by atoms with van der Waals surface area (Å²) in [6.07, 6.45) is -0.130. The number of amidine groups is 1. The summed E-state index contributed by atoms with van der Waals surface area (Å²) in [7, 11) is 0. The van der Waals surface area contributed by atoms with Crippen LogP contribution < -0.4 is 10.2 Å². The Morgan fingerprint density at radius 3 is 2.33 bits per heavy atom. The van der Waals surface area contributed by atoms with E-state index in [-0.39, 0.29) is 5.75 Å². The lowest BCUT2D eigenvalue weighted by molar-refractivity contribution is -0.274. The highest BCUT2D eigenvalue weighted by molar-refractivity contribution is 8.13. The third kappa shape index (κ3) is 8.17. The van der Waals surface area contributed by atoms with Crippen molar-refractivity contribution in [3.8, 4) is 34.1 Å². The zero-order valence-corrected chi connectivity index (χ0v) is 26.5. The molecule has 0 unspecified atom stereocenters. The molecule has 0 radical (unpaired) electrons. The van der Waals surface area contributed by atoms with Gasteiger partial charge >= 0.3 is 6.36 Å². The highest BCUT2D eigenvalue weighted by Gasteiger charge is 2.31. The Bertz CT molecular complexity index is 2020. The highest BCUT2D eigenvalue weighted by Crippen LogP contribution is 2.29. The van der Waals surface area contributed by atoms with E-state index in [0.29, 0.717) is 22.4 Å². The molecule has 0 spiro atoms. The number of halogens is 3. The first-order chi connectivity index (χ1) is 23.2. The number of aryl methyl sites for hydroxylation is 2. The normalized spacial score (nSPS) is 12.1. The number of nitrogens with one attached hydrogen (secondary N) is 1. The van der Waals surface area contributed by atoms with Crippen molar-refractivity contribution >= 4 is 28.8 Å². The molecule has 48 heavy (non-hydrogen) atoms. The van der Waals surface area contributed by atoms with Crippen LogP contribution in [0.1, 0.15) is 22.5 Å². The van der Waals surface area contributed by atoms with Gasteiger partial charge in [-0.15, -0.1) is 18.3 Å². The molecule has 0 bridgehead atoms. The first kappa shape index (κ1) is 32.3. The molecule has 0 aliphatic rings. The summed E-state index contributed by atoms with van der Waals surface area (Å²) in [5.74, 6) is 1.35. The average molecular weight is 668 g/mol. The van der Waals surface area contributed by atoms with Crippen molar-refractivity contribution in [3.05, 3.63) is 132 Å². The van der Waals surface area contributed by atoms with Gasteiger partial charge in [0.1, 0.15) is 23.5 Å². The molecule has 0 amide bonds. The lowest BCUT2D eigenvalue weighted by atomic mass is 10.1. The van der Waals surface area contributed by atoms with E-state index in [1.807, 2.05) is 86.6 Å². The number of para-hydroxylation sites is 1. The summed E-state index contributed by atoms with van der Waals surface area (Å²) in [6.45, 7) is 4.04. The van der Waals surface area contributed by atoms with E-state index in [9.17, 15) is 13.2 Å². The highest BCUT2D eigenvalue weighted by atomic mass is 32.2. The monoisotopic (exact) mass is 667 g/mol. The van der Waals surface area contributed by atoms with Gasteiger partial charge in [-0.2, -0.15) is 5.10 Å². The van der Waals surface area contributed by atoms with E-state index in [4.69, 9.17) is 9.41 Å². The van der Waals surface area contributed by atoms with E-state index < -0.39 is 6.36 Å². The number of aromatic nitrogens is 4. The second-order valence-corrected chi connectivity index (χ2v) is 11.4. The smallest absolute Gasteiger partial charge is 0.447 e. The molecule has 6 rings (SSSR count). The Kier molecular flexibility index (Phi) is 9.67. The van der Waals surface area contributed by atoms with E-state index in [0.717, 1.165) is 45.0 Å². The number of aliphatic imine (C=N–C) groups is 1.